The Morgan fingerprint density at radius 3 is 2.11 bits per heavy atom. The maximum atomic E-state index is 9.28. The first-order valence-electron chi connectivity index (χ1n) is 7.68. The van der Waals surface area contributed by atoms with E-state index in [1.807, 2.05) is 6.92 Å². The third kappa shape index (κ3) is 10.6. The summed E-state index contributed by atoms with van der Waals surface area (Å²) in [6.45, 7) is 6.00. The lowest BCUT2D eigenvalue weighted by Crippen LogP contribution is -2.19. The second-order valence-electron chi connectivity index (χ2n) is 5.57. The number of hydrogen-bond donors (Lipinski definition) is 2. The minimum atomic E-state index is 0.350. The summed E-state index contributed by atoms with van der Waals surface area (Å²) in [5.74, 6) is 0.472. The molecule has 0 spiro atoms. The number of nitrogens with two attached hydrogens (primary N) is 1. The standard InChI is InChI=1S/C16H33NO/c1-4-5-6-7-8-9-12-16(17)13-10-11-14(2)15(3)18/h16,18H,4-13,17H2,1-3H3/b15-14-. The van der Waals surface area contributed by atoms with Crippen LogP contribution in [0.15, 0.2) is 11.3 Å². The SMILES string of the molecule is CCCCCCCCC(N)CCC/C(C)=C(/C)O. The monoisotopic (exact) mass is 255 g/mol. The number of hydrogen-bond acceptors (Lipinski definition) is 2. The summed E-state index contributed by atoms with van der Waals surface area (Å²) in [5, 5.41) is 9.28. The highest BCUT2D eigenvalue weighted by Crippen LogP contribution is 2.14. The molecular formula is C16H33NO. The molecule has 0 aromatic rings. The molecule has 2 heteroatoms. The first kappa shape index (κ1) is 17.5. The van der Waals surface area contributed by atoms with Gasteiger partial charge in [0, 0.05) is 6.04 Å². The lowest BCUT2D eigenvalue weighted by molar-refractivity contribution is 0.402. The molecule has 0 bridgehead atoms. The summed E-state index contributed by atoms with van der Waals surface area (Å²) >= 11 is 0. The number of rotatable bonds is 11. The molecule has 0 radical (unpaired) electrons. The zero-order valence-electron chi connectivity index (χ0n) is 12.7. The van der Waals surface area contributed by atoms with Gasteiger partial charge in [-0.3, -0.25) is 0 Å². The van der Waals surface area contributed by atoms with Gasteiger partial charge in [0.15, 0.2) is 0 Å². The second kappa shape index (κ2) is 11.6. The van der Waals surface area contributed by atoms with Gasteiger partial charge in [0.25, 0.3) is 0 Å². The molecule has 18 heavy (non-hydrogen) atoms. The van der Waals surface area contributed by atoms with Crippen molar-refractivity contribution in [3.63, 3.8) is 0 Å². The van der Waals surface area contributed by atoms with Crippen molar-refractivity contribution in [2.45, 2.75) is 91.0 Å². The summed E-state index contributed by atoms with van der Waals surface area (Å²) in [4.78, 5) is 0. The summed E-state index contributed by atoms with van der Waals surface area (Å²) in [6.07, 6.45) is 12.4. The van der Waals surface area contributed by atoms with Gasteiger partial charge in [-0.05, 0) is 45.1 Å². The first-order valence-corrected chi connectivity index (χ1v) is 7.68. The highest BCUT2D eigenvalue weighted by molar-refractivity contribution is 5.01. The van der Waals surface area contributed by atoms with Gasteiger partial charge in [0.1, 0.15) is 0 Å². The average Bonchev–Trinajstić information content (AvgIpc) is 2.33. The van der Waals surface area contributed by atoms with E-state index in [0.717, 1.165) is 31.3 Å². The molecule has 0 aliphatic carbocycles. The summed E-state index contributed by atoms with van der Waals surface area (Å²) in [7, 11) is 0. The molecule has 1 unspecified atom stereocenters. The largest absolute Gasteiger partial charge is 0.513 e. The molecule has 0 fully saturated rings. The van der Waals surface area contributed by atoms with Crippen LogP contribution in [0.3, 0.4) is 0 Å². The van der Waals surface area contributed by atoms with Crippen LogP contribution in [0.4, 0.5) is 0 Å². The molecule has 1 atom stereocenters. The Morgan fingerprint density at radius 2 is 1.50 bits per heavy atom. The van der Waals surface area contributed by atoms with E-state index in [1.54, 1.807) is 6.92 Å². The van der Waals surface area contributed by atoms with Crippen LogP contribution in [-0.2, 0) is 0 Å². The van der Waals surface area contributed by atoms with E-state index < -0.39 is 0 Å². The summed E-state index contributed by atoms with van der Waals surface area (Å²) in [6, 6.07) is 0.350. The van der Waals surface area contributed by atoms with Crippen LogP contribution in [0, 0.1) is 0 Å². The molecule has 0 aromatic carbocycles. The Hall–Kier alpha value is -0.500. The summed E-state index contributed by atoms with van der Waals surface area (Å²) < 4.78 is 0. The summed E-state index contributed by atoms with van der Waals surface area (Å²) in [5.41, 5.74) is 7.20. The van der Waals surface area contributed by atoms with Gasteiger partial charge in [0.05, 0.1) is 5.76 Å². The van der Waals surface area contributed by atoms with E-state index >= 15 is 0 Å². The number of aliphatic hydroxyl groups excluding tert-OH is 1. The third-order valence-electron chi connectivity index (χ3n) is 3.67. The fraction of sp³-hybridized carbons (Fsp3) is 0.875. The van der Waals surface area contributed by atoms with Crippen molar-refractivity contribution in [3.05, 3.63) is 11.3 Å². The van der Waals surface area contributed by atoms with E-state index in [1.165, 1.54) is 38.5 Å². The molecule has 0 aliphatic heterocycles. The molecule has 0 saturated carbocycles. The molecule has 0 aromatic heterocycles. The van der Waals surface area contributed by atoms with Crippen LogP contribution in [0.1, 0.15) is 85.0 Å². The fourth-order valence-electron chi connectivity index (χ4n) is 2.14. The highest BCUT2D eigenvalue weighted by atomic mass is 16.3. The Morgan fingerprint density at radius 1 is 0.944 bits per heavy atom. The van der Waals surface area contributed by atoms with Crippen molar-refractivity contribution < 1.29 is 5.11 Å². The average molecular weight is 255 g/mol. The minimum absolute atomic E-state index is 0.350. The predicted molar refractivity (Wildman–Crippen MR) is 80.8 cm³/mol. The maximum absolute atomic E-state index is 9.28. The molecule has 0 amide bonds. The van der Waals surface area contributed by atoms with Gasteiger partial charge in [-0.15, -0.1) is 0 Å². The van der Waals surface area contributed by atoms with Crippen molar-refractivity contribution >= 4 is 0 Å². The predicted octanol–water partition coefficient (Wildman–Crippen LogP) is 5.09. The Labute approximate surface area is 114 Å². The van der Waals surface area contributed by atoms with Crippen LogP contribution >= 0.6 is 0 Å². The van der Waals surface area contributed by atoms with Crippen LogP contribution < -0.4 is 5.73 Å². The lowest BCUT2D eigenvalue weighted by Gasteiger charge is -2.11. The van der Waals surface area contributed by atoms with Crippen molar-refractivity contribution in [1.82, 2.24) is 0 Å². The zero-order valence-corrected chi connectivity index (χ0v) is 12.7. The zero-order chi connectivity index (χ0) is 13.8. The van der Waals surface area contributed by atoms with Gasteiger partial charge in [-0.25, -0.2) is 0 Å². The topological polar surface area (TPSA) is 46.2 Å². The number of aliphatic hydroxyl groups is 1. The first-order chi connectivity index (χ1) is 8.57. The number of allylic oxidation sites excluding steroid dienone is 2. The van der Waals surface area contributed by atoms with Gasteiger partial charge in [-0.1, -0.05) is 45.4 Å². The minimum Gasteiger partial charge on any atom is -0.513 e. The second-order valence-corrected chi connectivity index (χ2v) is 5.57. The molecule has 0 aliphatic rings. The molecule has 3 N–H and O–H groups in total. The smallest absolute Gasteiger partial charge is 0.0880 e. The van der Waals surface area contributed by atoms with Gasteiger partial charge in [-0.2, -0.15) is 0 Å². The van der Waals surface area contributed by atoms with Crippen LogP contribution in [0.5, 0.6) is 0 Å². The number of unbranched alkanes of at least 4 members (excludes halogenated alkanes) is 5. The molecule has 108 valence electrons. The fourth-order valence-corrected chi connectivity index (χ4v) is 2.14. The Kier molecular flexibility index (Phi) is 11.3. The van der Waals surface area contributed by atoms with E-state index in [4.69, 9.17) is 5.73 Å². The van der Waals surface area contributed by atoms with Crippen LogP contribution in [0.2, 0.25) is 0 Å². The van der Waals surface area contributed by atoms with Crippen molar-refractivity contribution in [2.75, 3.05) is 0 Å². The van der Waals surface area contributed by atoms with Crippen LogP contribution in [0.25, 0.3) is 0 Å². The molecule has 0 heterocycles. The van der Waals surface area contributed by atoms with E-state index in [2.05, 4.69) is 6.92 Å². The Balaban J connectivity index is 3.38. The van der Waals surface area contributed by atoms with Crippen molar-refractivity contribution in [1.29, 1.82) is 0 Å². The van der Waals surface area contributed by atoms with Gasteiger partial charge in [0.2, 0.25) is 0 Å². The molecule has 2 nitrogen and oxygen atoms in total. The van der Waals surface area contributed by atoms with Crippen LogP contribution in [-0.4, -0.2) is 11.1 Å². The Bertz CT molecular complexity index is 219. The van der Waals surface area contributed by atoms with Crippen molar-refractivity contribution in [2.24, 2.45) is 5.73 Å². The normalized spacial score (nSPS) is 14.4. The van der Waals surface area contributed by atoms with E-state index in [9.17, 15) is 5.11 Å². The molecular weight excluding hydrogens is 222 g/mol. The maximum Gasteiger partial charge on any atom is 0.0880 e. The van der Waals surface area contributed by atoms with Gasteiger partial charge >= 0.3 is 0 Å². The lowest BCUT2D eigenvalue weighted by atomic mass is 10.0. The molecule has 0 rings (SSSR count). The molecule has 0 saturated heterocycles. The van der Waals surface area contributed by atoms with Gasteiger partial charge < -0.3 is 10.8 Å². The van der Waals surface area contributed by atoms with E-state index in [0.29, 0.717) is 11.8 Å². The van der Waals surface area contributed by atoms with Crippen molar-refractivity contribution in [3.8, 4) is 0 Å². The third-order valence-corrected chi connectivity index (χ3v) is 3.67. The van der Waals surface area contributed by atoms with E-state index in [-0.39, 0.29) is 0 Å². The quantitative estimate of drug-likeness (QED) is 0.399. The highest BCUT2D eigenvalue weighted by Gasteiger charge is 2.03.